The van der Waals surface area contributed by atoms with E-state index in [0.717, 1.165) is 55.7 Å². The zero-order valence-corrected chi connectivity index (χ0v) is 23.1. The molecular weight excluding hydrogens is 536 g/mol. The monoisotopic (exact) mass is 558 g/mol. The van der Waals surface area contributed by atoms with Gasteiger partial charge in [0.05, 0.1) is 0 Å². The van der Waals surface area contributed by atoms with Gasteiger partial charge in [-0.25, -0.2) is 4.98 Å². The van der Waals surface area contributed by atoms with Gasteiger partial charge in [0, 0.05) is 59.6 Å². The Morgan fingerprint density at radius 2 is 1.14 bits per heavy atom. The van der Waals surface area contributed by atoms with Crippen molar-refractivity contribution in [2.75, 3.05) is 4.90 Å². The van der Waals surface area contributed by atoms with E-state index in [4.69, 9.17) is 13.8 Å². The summed E-state index contributed by atoms with van der Waals surface area (Å²) in [5.74, 6) is 0.615. The number of anilines is 3. The van der Waals surface area contributed by atoms with E-state index in [-0.39, 0.29) is 0 Å². The fourth-order valence-corrected chi connectivity index (χ4v) is 6.99. The van der Waals surface area contributed by atoms with E-state index in [1.54, 1.807) is 0 Å². The normalized spacial score (nSPS) is 11.8. The average molecular weight is 559 g/mol. The second-order valence-electron chi connectivity index (χ2n) is 10.4. The predicted molar refractivity (Wildman–Crippen MR) is 174 cm³/mol. The summed E-state index contributed by atoms with van der Waals surface area (Å²) in [6.45, 7) is 0. The number of rotatable bonds is 4. The Hall–Kier alpha value is -5.39. The summed E-state index contributed by atoms with van der Waals surface area (Å²) in [5, 5.41) is 4.77. The van der Waals surface area contributed by atoms with Crippen LogP contribution < -0.4 is 4.90 Å². The first-order chi connectivity index (χ1) is 20.8. The third-order valence-corrected chi connectivity index (χ3v) is 9.06. The minimum Gasteiger partial charge on any atom is -0.456 e. The Kier molecular flexibility index (Phi) is 5.03. The van der Waals surface area contributed by atoms with Crippen molar-refractivity contribution < 1.29 is 8.83 Å². The molecule has 0 radical (unpaired) electrons. The van der Waals surface area contributed by atoms with E-state index in [1.807, 2.05) is 47.7 Å². The van der Waals surface area contributed by atoms with Crippen LogP contribution in [0, 0.1) is 0 Å². The smallest absolute Gasteiger partial charge is 0.227 e. The Balaban J connectivity index is 1.21. The Morgan fingerprint density at radius 1 is 0.476 bits per heavy atom. The zero-order chi connectivity index (χ0) is 27.6. The molecule has 0 fully saturated rings. The molecule has 5 heteroatoms. The molecule has 3 aromatic heterocycles. The minimum atomic E-state index is 0.615. The van der Waals surface area contributed by atoms with Crippen LogP contribution in [0.15, 0.2) is 142 Å². The summed E-state index contributed by atoms with van der Waals surface area (Å²) >= 11 is 1.83. The summed E-state index contributed by atoms with van der Waals surface area (Å²) in [5.41, 5.74) is 7.47. The van der Waals surface area contributed by atoms with Gasteiger partial charge in [0.1, 0.15) is 16.7 Å². The van der Waals surface area contributed by atoms with Crippen LogP contribution in [-0.2, 0) is 0 Å². The molecule has 0 aliphatic carbocycles. The van der Waals surface area contributed by atoms with Gasteiger partial charge in [-0.1, -0.05) is 48.5 Å². The molecule has 4 nitrogen and oxygen atoms in total. The topological polar surface area (TPSA) is 42.4 Å². The van der Waals surface area contributed by atoms with Gasteiger partial charge < -0.3 is 13.7 Å². The van der Waals surface area contributed by atoms with Crippen LogP contribution in [0.2, 0.25) is 0 Å². The third kappa shape index (κ3) is 3.64. The number of fused-ring (bicyclic) bond motifs is 7. The van der Waals surface area contributed by atoms with Crippen molar-refractivity contribution in [1.82, 2.24) is 4.98 Å². The number of para-hydroxylation sites is 3. The maximum Gasteiger partial charge on any atom is 0.227 e. The van der Waals surface area contributed by atoms with E-state index in [1.165, 1.54) is 20.2 Å². The summed E-state index contributed by atoms with van der Waals surface area (Å²) in [7, 11) is 0. The van der Waals surface area contributed by atoms with Crippen molar-refractivity contribution in [2.24, 2.45) is 0 Å². The molecule has 0 unspecified atom stereocenters. The molecule has 0 bridgehead atoms. The van der Waals surface area contributed by atoms with Crippen molar-refractivity contribution in [3.8, 4) is 11.5 Å². The molecule has 0 aliphatic rings. The quantitative estimate of drug-likeness (QED) is 0.215. The number of thiophene rings is 1. The van der Waals surface area contributed by atoms with Crippen LogP contribution in [0.25, 0.3) is 64.7 Å². The molecule has 0 aliphatic heterocycles. The van der Waals surface area contributed by atoms with E-state index < -0.39 is 0 Å². The van der Waals surface area contributed by atoms with Crippen LogP contribution in [-0.4, -0.2) is 4.98 Å². The number of hydrogen-bond donors (Lipinski definition) is 0. The molecule has 0 atom stereocenters. The molecule has 0 N–H and O–H groups in total. The Morgan fingerprint density at radius 3 is 2.02 bits per heavy atom. The van der Waals surface area contributed by atoms with E-state index in [2.05, 4.69) is 102 Å². The van der Waals surface area contributed by atoms with E-state index >= 15 is 0 Å². The van der Waals surface area contributed by atoms with Crippen LogP contribution in [0.4, 0.5) is 17.1 Å². The standard InChI is InChI=1S/C37H22N2O2S/c1-4-10-32-27(7-1)28-19-17-26(22-34(28)40-32)39(25-18-20-36-30(21-25)29-8-2-6-12-35(29)42-36)24-15-13-23(14-16-24)37-38-31-9-3-5-11-33(31)41-37/h1-22H. The van der Waals surface area contributed by atoms with Crippen LogP contribution in [0.1, 0.15) is 0 Å². The second kappa shape index (κ2) is 9.06. The Bertz CT molecular complexity index is 2400. The number of benzene rings is 6. The maximum atomic E-state index is 6.29. The average Bonchev–Trinajstić information content (AvgIpc) is 3.74. The third-order valence-electron chi connectivity index (χ3n) is 7.91. The van der Waals surface area contributed by atoms with Crippen molar-refractivity contribution >= 4 is 81.6 Å². The highest BCUT2D eigenvalue weighted by Gasteiger charge is 2.18. The minimum absolute atomic E-state index is 0.615. The lowest BCUT2D eigenvalue weighted by Gasteiger charge is -2.25. The molecule has 6 aromatic carbocycles. The Labute approximate surface area is 244 Å². The summed E-state index contributed by atoms with van der Waals surface area (Å²) in [6, 6.07) is 46.3. The van der Waals surface area contributed by atoms with E-state index in [0.29, 0.717) is 5.89 Å². The fourth-order valence-electron chi connectivity index (χ4n) is 5.90. The van der Waals surface area contributed by atoms with Crippen LogP contribution >= 0.6 is 11.3 Å². The lowest BCUT2D eigenvalue weighted by molar-refractivity contribution is 0.620. The van der Waals surface area contributed by atoms with Gasteiger partial charge in [0.25, 0.3) is 0 Å². The van der Waals surface area contributed by atoms with Crippen molar-refractivity contribution in [3.05, 3.63) is 133 Å². The van der Waals surface area contributed by atoms with Gasteiger partial charge >= 0.3 is 0 Å². The van der Waals surface area contributed by atoms with Crippen LogP contribution in [0.3, 0.4) is 0 Å². The first kappa shape index (κ1) is 23.3. The number of furan rings is 1. The molecular formula is C37H22N2O2S. The summed E-state index contributed by atoms with van der Waals surface area (Å²) in [4.78, 5) is 6.98. The molecule has 9 aromatic rings. The second-order valence-corrected chi connectivity index (χ2v) is 11.5. The number of oxazole rings is 1. The van der Waals surface area contributed by atoms with Gasteiger partial charge in [-0.3, -0.25) is 0 Å². The number of hydrogen-bond acceptors (Lipinski definition) is 5. The molecule has 0 saturated carbocycles. The molecule has 0 amide bonds. The molecule has 0 spiro atoms. The van der Waals surface area contributed by atoms with Gasteiger partial charge in [-0.15, -0.1) is 11.3 Å². The molecule has 0 saturated heterocycles. The summed E-state index contributed by atoms with van der Waals surface area (Å²) in [6.07, 6.45) is 0. The van der Waals surface area contributed by atoms with Crippen molar-refractivity contribution in [1.29, 1.82) is 0 Å². The first-order valence-corrected chi connectivity index (χ1v) is 14.7. The largest absolute Gasteiger partial charge is 0.456 e. The lowest BCUT2D eigenvalue weighted by Crippen LogP contribution is -2.09. The first-order valence-electron chi connectivity index (χ1n) is 13.9. The van der Waals surface area contributed by atoms with Gasteiger partial charge in [0.15, 0.2) is 5.58 Å². The van der Waals surface area contributed by atoms with Crippen LogP contribution in [0.5, 0.6) is 0 Å². The number of nitrogens with zero attached hydrogens (tertiary/aromatic N) is 2. The van der Waals surface area contributed by atoms with Gasteiger partial charge in [-0.05, 0) is 78.9 Å². The zero-order valence-electron chi connectivity index (χ0n) is 22.3. The maximum absolute atomic E-state index is 6.29. The molecule has 42 heavy (non-hydrogen) atoms. The predicted octanol–water partition coefficient (Wildman–Crippen LogP) is 11.2. The highest BCUT2D eigenvalue weighted by atomic mass is 32.1. The van der Waals surface area contributed by atoms with E-state index in [9.17, 15) is 0 Å². The van der Waals surface area contributed by atoms with Gasteiger partial charge in [-0.2, -0.15) is 0 Å². The SMILES string of the molecule is c1ccc2oc(-c3ccc(N(c4ccc5c(c4)oc4ccccc45)c4ccc5sc6ccccc6c5c4)cc3)nc2c1. The van der Waals surface area contributed by atoms with Gasteiger partial charge in [0.2, 0.25) is 5.89 Å². The van der Waals surface area contributed by atoms with Crippen molar-refractivity contribution in [3.63, 3.8) is 0 Å². The van der Waals surface area contributed by atoms with Crippen molar-refractivity contribution in [2.45, 2.75) is 0 Å². The number of aromatic nitrogens is 1. The fraction of sp³-hybridized carbons (Fsp3) is 0. The highest BCUT2D eigenvalue weighted by Crippen LogP contribution is 2.42. The molecule has 9 rings (SSSR count). The molecule has 3 heterocycles. The summed E-state index contributed by atoms with van der Waals surface area (Å²) < 4.78 is 14.9. The lowest BCUT2D eigenvalue weighted by atomic mass is 10.1. The highest BCUT2D eigenvalue weighted by molar-refractivity contribution is 7.25. The molecule has 198 valence electrons.